The molecule has 0 unspecified atom stereocenters. The number of ether oxygens (including phenoxy) is 1. The summed E-state index contributed by atoms with van der Waals surface area (Å²) < 4.78 is 5.14. The fraction of sp³-hybridized carbons (Fsp3) is 0.647. The predicted molar refractivity (Wildman–Crippen MR) is 92.6 cm³/mol. The second-order valence-corrected chi connectivity index (χ2v) is 6.47. The molecule has 1 aromatic rings. The molecule has 0 atom stereocenters. The molecule has 1 rings (SSSR count). The Morgan fingerprint density at radius 3 is 2.48 bits per heavy atom. The summed E-state index contributed by atoms with van der Waals surface area (Å²) in [7, 11) is 0. The van der Waals surface area contributed by atoms with Gasteiger partial charge in [0.25, 0.3) is 0 Å². The van der Waals surface area contributed by atoms with Gasteiger partial charge in [-0.05, 0) is 39.4 Å². The molecular weight excluding hydrogens is 292 g/mol. The Morgan fingerprint density at radius 1 is 1.26 bits per heavy atom. The van der Waals surface area contributed by atoms with E-state index in [1.54, 1.807) is 12.3 Å². The fourth-order valence-electron chi connectivity index (χ4n) is 2.01. The zero-order valence-electron chi connectivity index (χ0n) is 15.0. The number of nitrogens with one attached hydrogen (secondary N) is 2. The maximum Gasteiger partial charge on any atom is 0.414 e. The monoisotopic (exact) mass is 322 g/mol. The van der Waals surface area contributed by atoms with Crippen molar-refractivity contribution in [1.82, 2.24) is 20.5 Å². The molecule has 0 aromatic carbocycles. The third kappa shape index (κ3) is 8.52. The van der Waals surface area contributed by atoms with Gasteiger partial charge in [-0.1, -0.05) is 19.9 Å². The van der Waals surface area contributed by atoms with Crippen LogP contribution in [0.15, 0.2) is 18.3 Å². The average Bonchev–Trinajstić information content (AvgIpc) is 2.47. The lowest BCUT2D eigenvalue weighted by Crippen LogP contribution is -2.42. The SMILES string of the molecule is CCN(CC)CCNCc1ccc(OC(=O)NC(C)(C)C)nc1. The summed E-state index contributed by atoms with van der Waals surface area (Å²) in [6, 6.07) is 3.63. The molecule has 1 amide bonds. The van der Waals surface area contributed by atoms with Crippen LogP contribution in [0.5, 0.6) is 5.88 Å². The molecule has 0 saturated carbocycles. The summed E-state index contributed by atoms with van der Waals surface area (Å²) in [5.41, 5.74) is 0.736. The van der Waals surface area contributed by atoms with Gasteiger partial charge in [0.05, 0.1) is 0 Å². The molecule has 0 saturated heterocycles. The van der Waals surface area contributed by atoms with Crippen LogP contribution in [0, 0.1) is 0 Å². The van der Waals surface area contributed by atoms with Gasteiger partial charge in [-0.2, -0.15) is 0 Å². The quantitative estimate of drug-likeness (QED) is 0.720. The van der Waals surface area contributed by atoms with Gasteiger partial charge in [0.1, 0.15) is 0 Å². The van der Waals surface area contributed by atoms with Crippen LogP contribution in [0.3, 0.4) is 0 Å². The lowest BCUT2D eigenvalue weighted by atomic mass is 10.1. The number of hydrogen-bond acceptors (Lipinski definition) is 5. The Labute approximate surface area is 139 Å². The van der Waals surface area contributed by atoms with Gasteiger partial charge >= 0.3 is 6.09 Å². The molecule has 0 aliphatic rings. The minimum Gasteiger partial charge on any atom is -0.391 e. The molecule has 0 aliphatic carbocycles. The smallest absolute Gasteiger partial charge is 0.391 e. The molecule has 23 heavy (non-hydrogen) atoms. The number of carbonyl (C=O) groups is 1. The van der Waals surface area contributed by atoms with Crippen molar-refractivity contribution in [2.24, 2.45) is 0 Å². The summed E-state index contributed by atoms with van der Waals surface area (Å²) in [5.74, 6) is 0.304. The van der Waals surface area contributed by atoms with E-state index in [0.29, 0.717) is 5.88 Å². The van der Waals surface area contributed by atoms with E-state index in [4.69, 9.17) is 4.74 Å². The van der Waals surface area contributed by atoms with Crippen LogP contribution >= 0.6 is 0 Å². The normalized spacial score (nSPS) is 11.6. The number of nitrogens with zero attached hydrogens (tertiary/aromatic N) is 2. The van der Waals surface area contributed by atoms with Crippen LogP contribution < -0.4 is 15.4 Å². The molecule has 0 spiro atoms. The highest BCUT2D eigenvalue weighted by atomic mass is 16.6. The van der Waals surface area contributed by atoms with Crippen molar-refractivity contribution in [3.8, 4) is 5.88 Å². The summed E-state index contributed by atoms with van der Waals surface area (Å²) in [4.78, 5) is 18.2. The van der Waals surface area contributed by atoms with Gasteiger partial charge in [-0.15, -0.1) is 0 Å². The van der Waals surface area contributed by atoms with Gasteiger partial charge < -0.3 is 20.3 Å². The van der Waals surface area contributed by atoms with Crippen molar-refractivity contribution in [1.29, 1.82) is 0 Å². The minimum absolute atomic E-state index is 0.304. The lowest BCUT2D eigenvalue weighted by Gasteiger charge is -2.19. The van der Waals surface area contributed by atoms with Crippen LogP contribution in [0.4, 0.5) is 4.79 Å². The Balaban J connectivity index is 2.34. The number of aromatic nitrogens is 1. The van der Waals surface area contributed by atoms with E-state index in [2.05, 4.69) is 34.4 Å². The van der Waals surface area contributed by atoms with E-state index in [1.807, 2.05) is 26.8 Å². The first-order chi connectivity index (χ1) is 10.8. The Morgan fingerprint density at radius 2 is 1.96 bits per heavy atom. The molecule has 1 aromatic heterocycles. The number of likely N-dealkylation sites (N-methyl/N-ethyl adjacent to an activating group) is 1. The highest BCUT2D eigenvalue weighted by Crippen LogP contribution is 2.08. The summed E-state index contributed by atoms with van der Waals surface area (Å²) in [6.45, 7) is 14.9. The molecule has 130 valence electrons. The predicted octanol–water partition coefficient (Wildman–Crippen LogP) is 2.40. The van der Waals surface area contributed by atoms with E-state index in [-0.39, 0.29) is 5.54 Å². The molecule has 2 N–H and O–H groups in total. The van der Waals surface area contributed by atoms with Crippen molar-refractivity contribution in [3.05, 3.63) is 23.9 Å². The van der Waals surface area contributed by atoms with Crippen molar-refractivity contribution in [2.45, 2.75) is 46.7 Å². The first-order valence-corrected chi connectivity index (χ1v) is 8.22. The van der Waals surface area contributed by atoms with Crippen LogP contribution in [-0.4, -0.2) is 47.7 Å². The molecule has 0 fully saturated rings. The van der Waals surface area contributed by atoms with Crippen LogP contribution in [0.2, 0.25) is 0 Å². The maximum atomic E-state index is 11.7. The van der Waals surface area contributed by atoms with Crippen LogP contribution in [0.1, 0.15) is 40.2 Å². The van der Waals surface area contributed by atoms with Gasteiger partial charge in [-0.25, -0.2) is 9.78 Å². The average molecular weight is 322 g/mol. The van der Waals surface area contributed by atoms with Crippen molar-refractivity contribution in [3.63, 3.8) is 0 Å². The van der Waals surface area contributed by atoms with Crippen molar-refractivity contribution < 1.29 is 9.53 Å². The highest BCUT2D eigenvalue weighted by Gasteiger charge is 2.15. The lowest BCUT2D eigenvalue weighted by molar-refractivity contribution is 0.189. The molecule has 0 radical (unpaired) electrons. The second kappa shape index (κ2) is 9.47. The Bertz CT molecular complexity index is 464. The highest BCUT2D eigenvalue weighted by molar-refractivity contribution is 5.70. The van der Waals surface area contributed by atoms with Crippen LogP contribution in [0.25, 0.3) is 0 Å². The van der Waals surface area contributed by atoms with Crippen molar-refractivity contribution >= 4 is 6.09 Å². The maximum absolute atomic E-state index is 11.7. The number of amides is 1. The molecule has 6 nitrogen and oxygen atoms in total. The molecule has 6 heteroatoms. The molecule has 1 heterocycles. The van der Waals surface area contributed by atoms with E-state index in [9.17, 15) is 4.79 Å². The van der Waals surface area contributed by atoms with Gasteiger partial charge in [0.15, 0.2) is 0 Å². The Hall–Kier alpha value is -1.66. The van der Waals surface area contributed by atoms with Gasteiger partial charge in [0.2, 0.25) is 5.88 Å². The zero-order chi connectivity index (χ0) is 17.3. The standard InChI is InChI=1S/C17H30N4O2/c1-6-21(7-2)11-10-18-12-14-8-9-15(19-13-14)23-16(22)20-17(3,4)5/h8-9,13,18H,6-7,10-12H2,1-5H3,(H,20,22). The van der Waals surface area contributed by atoms with Gasteiger partial charge in [0, 0.05) is 37.4 Å². The Kier molecular flexibility index (Phi) is 7.98. The van der Waals surface area contributed by atoms with E-state index in [1.165, 1.54) is 0 Å². The van der Waals surface area contributed by atoms with Crippen LogP contribution in [-0.2, 0) is 6.54 Å². The second-order valence-electron chi connectivity index (χ2n) is 6.47. The molecule has 0 aliphatic heterocycles. The van der Waals surface area contributed by atoms with Gasteiger partial charge in [-0.3, -0.25) is 0 Å². The molecular formula is C17H30N4O2. The van der Waals surface area contributed by atoms with E-state index < -0.39 is 6.09 Å². The number of pyridine rings is 1. The third-order valence-electron chi connectivity index (χ3n) is 3.30. The minimum atomic E-state index is -0.491. The molecule has 0 bridgehead atoms. The summed E-state index contributed by atoms with van der Waals surface area (Å²) in [5, 5.41) is 6.12. The summed E-state index contributed by atoms with van der Waals surface area (Å²) >= 11 is 0. The zero-order valence-corrected chi connectivity index (χ0v) is 15.0. The topological polar surface area (TPSA) is 66.5 Å². The number of carbonyl (C=O) groups excluding carboxylic acids is 1. The third-order valence-corrected chi connectivity index (χ3v) is 3.30. The summed E-state index contributed by atoms with van der Waals surface area (Å²) in [6.07, 6.45) is 1.24. The first kappa shape index (κ1) is 19.4. The number of rotatable bonds is 8. The first-order valence-electron chi connectivity index (χ1n) is 8.22. The number of hydrogen-bond donors (Lipinski definition) is 2. The van der Waals surface area contributed by atoms with E-state index in [0.717, 1.165) is 38.3 Å². The fourth-order valence-corrected chi connectivity index (χ4v) is 2.01. The van der Waals surface area contributed by atoms with Crippen molar-refractivity contribution in [2.75, 3.05) is 26.2 Å². The largest absolute Gasteiger partial charge is 0.414 e. The van der Waals surface area contributed by atoms with E-state index >= 15 is 0 Å².